The van der Waals surface area contributed by atoms with Crippen molar-refractivity contribution in [2.75, 3.05) is 18.4 Å². The minimum Gasteiger partial charge on any atom is -0.334 e. The molecule has 0 bridgehead atoms. The molecule has 146 valence electrons. The van der Waals surface area contributed by atoms with Crippen molar-refractivity contribution < 1.29 is 9.59 Å². The van der Waals surface area contributed by atoms with Crippen LogP contribution in [0.3, 0.4) is 0 Å². The standard InChI is InChI=1S/C22H24ClN3O2/c23-18-5-1-16(2-6-18)12-25-21(28)26-19-7-3-15(4-8-19)9-20(27)17-10-22(11-17)13-24-14-22/h1-8,17,24H,9-14H2,(H2,25,26,28). The van der Waals surface area contributed by atoms with Crippen LogP contribution in [0.2, 0.25) is 5.02 Å². The van der Waals surface area contributed by atoms with Crippen molar-refractivity contribution in [2.45, 2.75) is 25.8 Å². The molecule has 4 rings (SSSR count). The Morgan fingerprint density at radius 1 is 1.00 bits per heavy atom. The van der Waals surface area contributed by atoms with Crippen LogP contribution in [0.4, 0.5) is 10.5 Å². The molecule has 2 aliphatic rings. The Hall–Kier alpha value is -2.37. The van der Waals surface area contributed by atoms with Crippen LogP contribution in [0.1, 0.15) is 24.0 Å². The topological polar surface area (TPSA) is 70.2 Å². The van der Waals surface area contributed by atoms with Crippen LogP contribution in [-0.2, 0) is 17.8 Å². The molecule has 1 heterocycles. The summed E-state index contributed by atoms with van der Waals surface area (Å²) in [6.45, 7) is 2.56. The molecule has 0 aromatic heterocycles. The molecule has 2 aromatic carbocycles. The average Bonchev–Trinajstić information content (AvgIpc) is 2.60. The van der Waals surface area contributed by atoms with E-state index in [1.165, 1.54) is 0 Å². The van der Waals surface area contributed by atoms with E-state index in [0.717, 1.165) is 37.1 Å². The number of hydrogen-bond acceptors (Lipinski definition) is 3. The van der Waals surface area contributed by atoms with Crippen molar-refractivity contribution in [3.63, 3.8) is 0 Å². The number of amides is 2. The summed E-state index contributed by atoms with van der Waals surface area (Å²) in [4.78, 5) is 24.5. The van der Waals surface area contributed by atoms with E-state index in [1.54, 1.807) is 12.1 Å². The Balaban J connectivity index is 1.22. The fraction of sp³-hybridized carbons (Fsp3) is 0.364. The normalized spacial score (nSPS) is 17.5. The molecule has 0 unspecified atom stereocenters. The molecule has 1 aliphatic carbocycles. The summed E-state index contributed by atoms with van der Waals surface area (Å²) in [6.07, 6.45) is 2.54. The van der Waals surface area contributed by atoms with E-state index in [2.05, 4.69) is 16.0 Å². The van der Waals surface area contributed by atoms with Crippen molar-refractivity contribution in [2.24, 2.45) is 11.3 Å². The molecule has 6 heteroatoms. The lowest BCUT2D eigenvalue weighted by atomic mass is 9.57. The second-order valence-electron chi connectivity index (χ2n) is 7.98. The average molecular weight is 398 g/mol. The van der Waals surface area contributed by atoms with Gasteiger partial charge in [-0.15, -0.1) is 0 Å². The molecule has 3 N–H and O–H groups in total. The number of carbonyl (C=O) groups is 2. The van der Waals surface area contributed by atoms with E-state index in [9.17, 15) is 9.59 Å². The Morgan fingerprint density at radius 3 is 2.25 bits per heavy atom. The van der Waals surface area contributed by atoms with Gasteiger partial charge in [-0.1, -0.05) is 35.9 Å². The third kappa shape index (κ3) is 4.37. The summed E-state index contributed by atoms with van der Waals surface area (Å²) in [7, 11) is 0. The first kappa shape index (κ1) is 19.0. The van der Waals surface area contributed by atoms with E-state index in [4.69, 9.17) is 11.6 Å². The molecule has 1 spiro atoms. The van der Waals surface area contributed by atoms with Gasteiger partial charge in [-0.3, -0.25) is 4.79 Å². The number of rotatable bonds is 6. The number of carbonyl (C=O) groups excluding carboxylic acids is 2. The Bertz CT molecular complexity index is 852. The summed E-state index contributed by atoms with van der Waals surface area (Å²) in [5.41, 5.74) is 3.09. The lowest BCUT2D eigenvalue weighted by Gasteiger charge is -2.54. The number of urea groups is 1. The molecular weight excluding hydrogens is 374 g/mol. The van der Waals surface area contributed by atoms with E-state index in [0.29, 0.717) is 34.9 Å². The highest BCUT2D eigenvalue weighted by Crippen LogP contribution is 2.48. The molecule has 1 saturated heterocycles. The summed E-state index contributed by atoms with van der Waals surface area (Å²) in [6, 6.07) is 14.6. The van der Waals surface area contributed by atoms with Gasteiger partial charge in [0.05, 0.1) is 0 Å². The van der Waals surface area contributed by atoms with Gasteiger partial charge in [-0.2, -0.15) is 0 Å². The fourth-order valence-electron chi connectivity index (χ4n) is 3.99. The van der Waals surface area contributed by atoms with Crippen molar-refractivity contribution in [3.8, 4) is 0 Å². The second kappa shape index (κ2) is 7.94. The summed E-state index contributed by atoms with van der Waals surface area (Å²) in [5, 5.41) is 9.59. The number of Topliss-reactive ketones (excluding diaryl/α,β-unsaturated/α-hetero) is 1. The first-order chi connectivity index (χ1) is 13.5. The van der Waals surface area contributed by atoms with E-state index >= 15 is 0 Å². The minimum absolute atomic E-state index is 0.221. The Kier molecular flexibility index (Phi) is 5.38. The SMILES string of the molecule is O=C(NCc1ccc(Cl)cc1)Nc1ccc(CC(=O)C2CC3(CNC3)C2)cc1. The molecule has 5 nitrogen and oxygen atoms in total. The third-order valence-corrected chi connectivity index (χ3v) is 6.02. The Labute approximate surface area is 169 Å². The second-order valence-corrected chi connectivity index (χ2v) is 8.42. The fourth-order valence-corrected chi connectivity index (χ4v) is 4.12. The van der Waals surface area contributed by atoms with Gasteiger partial charge in [0, 0.05) is 42.7 Å². The van der Waals surface area contributed by atoms with Gasteiger partial charge in [-0.05, 0) is 53.6 Å². The van der Waals surface area contributed by atoms with Crippen molar-refractivity contribution in [3.05, 3.63) is 64.7 Å². The zero-order chi connectivity index (χ0) is 19.6. The zero-order valence-corrected chi connectivity index (χ0v) is 16.4. The van der Waals surface area contributed by atoms with Crippen molar-refractivity contribution in [1.29, 1.82) is 0 Å². The molecule has 0 atom stereocenters. The van der Waals surface area contributed by atoms with E-state index in [1.807, 2.05) is 36.4 Å². The molecule has 0 radical (unpaired) electrons. The van der Waals surface area contributed by atoms with E-state index in [-0.39, 0.29) is 11.9 Å². The highest BCUT2D eigenvalue weighted by Gasteiger charge is 2.50. The maximum atomic E-state index is 12.4. The quantitative estimate of drug-likeness (QED) is 0.694. The maximum Gasteiger partial charge on any atom is 0.319 e. The largest absolute Gasteiger partial charge is 0.334 e. The first-order valence-corrected chi connectivity index (χ1v) is 10.0. The highest BCUT2D eigenvalue weighted by molar-refractivity contribution is 6.30. The Morgan fingerprint density at radius 2 is 1.64 bits per heavy atom. The van der Waals surface area contributed by atoms with Crippen LogP contribution in [0, 0.1) is 11.3 Å². The smallest absolute Gasteiger partial charge is 0.319 e. The third-order valence-electron chi connectivity index (χ3n) is 5.77. The summed E-state index contributed by atoms with van der Waals surface area (Å²) in [5.74, 6) is 0.553. The molecule has 2 aromatic rings. The molecule has 1 saturated carbocycles. The van der Waals surface area contributed by atoms with Crippen LogP contribution in [0.5, 0.6) is 0 Å². The zero-order valence-electron chi connectivity index (χ0n) is 15.6. The summed E-state index contributed by atoms with van der Waals surface area (Å²) >= 11 is 5.85. The van der Waals surface area contributed by atoms with Crippen LogP contribution < -0.4 is 16.0 Å². The van der Waals surface area contributed by atoms with Crippen LogP contribution in [0.15, 0.2) is 48.5 Å². The molecular formula is C22H24ClN3O2. The number of benzene rings is 2. The van der Waals surface area contributed by atoms with Gasteiger partial charge in [0.2, 0.25) is 0 Å². The number of ketones is 1. The van der Waals surface area contributed by atoms with Crippen LogP contribution in [0.25, 0.3) is 0 Å². The van der Waals surface area contributed by atoms with Crippen molar-refractivity contribution >= 4 is 29.1 Å². The molecule has 2 fully saturated rings. The molecule has 28 heavy (non-hydrogen) atoms. The number of hydrogen-bond donors (Lipinski definition) is 3. The number of halogens is 1. The lowest BCUT2D eigenvalue weighted by molar-refractivity contribution is -0.131. The minimum atomic E-state index is -0.271. The van der Waals surface area contributed by atoms with Crippen molar-refractivity contribution in [1.82, 2.24) is 10.6 Å². The van der Waals surface area contributed by atoms with Crippen LogP contribution >= 0.6 is 11.6 Å². The van der Waals surface area contributed by atoms with Gasteiger partial charge < -0.3 is 16.0 Å². The predicted molar refractivity (Wildman–Crippen MR) is 110 cm³/mol. The maximum absolute atomic E-state index is 12.4. The van der Waals surface area contributed by atoms with Gasteiger partial charge in [-0.25, -0.2) is 4.79 Å². The van der Waals surface area contributed by atoms with E-state index < -0.39 is 0 Å². The first-order valence-electron chi connectivity index (χ1n) is 9.63. The van der Waals surface area contributed by atoms with Gasteiger partial charge >= 0.3 is 6.03 Å². The highest BCUT2D eigenvalue weighted by atomic mass is 35.5. The number of anilines is 1. The van der Waals surface area contributed by atoms with Gasteiger partial charge in [0.25, 0.3) is 0 Å². The predicted octanol–water partition coefficient (Wildman–Crippen LogP) is 3.77. The van der Waals surface area contributed by atoms with Crippen LogP contribution in [-0.4, -0.2) is 24.9 Å². The molecule has 2 amide bonds. The van der Waals surface area contributed by atoms with Gasteiger partial charge in [0.1, 0.15) is 5.78 Å². The monoisotopic (exact) mass is 397 g/mol. The summed E-state index contributed by atoms with van der Waals surface area (Å²) < 4.78 is 0. The number of nitrogens with one attached hydrogen (secondary N) is 3. The lowest BCUT2D eigenvalue weighted by Crippen LogP contribution is -2.61. The van der Waals surface area contributed by atoms with Gasteiger partial charge in [0.15, 0.2) is 0 Å². The molecule has 1 aliphatic heterocycles.